The maximum Gasteiger partial charge on any atom is 0.123 e. The molecule has 14 heavy (non-hydrogen) atoms. The van der Waals surface area contributed by atoms with Crippen LogP contribution < -0.4 is 5.32 Å². The average Bonchev–Trinajstić information content (AvgIpc) is 2.19. The lowest BCUT2D eigenvalue weighted by atomic mass is 10.2. The van der Waals surface area contributed by atoms with Crippen LogP contribution in [0.4, 0.5) is 4.39 Å². The Morgan fingerprint density at radius 3 is 2.86 bits per heavy atom. The first-order valence-electron chi connectivity index (χ1n) is 4.36. The van der Waals surface area contributed by atoms with Crippen LogP contribution in [0.5, 0.6) is 0 Å². The predicted octanol–water partition coefficient (Wildman–Crippen LogP) is 3.20. The molecule has 1 N–H and O–H groups in total. The fourth-order valence-electron chi connectivity index (χ4n) is 1.02. The number of nitrogens with one attached hydrogen (secondary N) is 1. The van der Waals surface area contributed by atoms with Crippen molar-refractivity contribution in [2.75, 3.05) is 5.88 Å². The fourth-order valence-corrected chi connectivity index (χ4v) is 1.31. The minimum Gasteiger partial charge on any atom is -0.309 e. The van der Waals surface area contributed by atoms with Crippen molar-refractivity contribution in [3.8, 4) is 0 Å². The Balaban J connectivity index is 2.62. The number of hydrogen-bond acceptors (Lipinski definition) is 1. The molecule has 0 spiro atoms. The zero-order chi connectivity index (χ0) is 10.6. The van der Waals surface area contributed by atoms with Crippen LogP contribution in [0.3, 0.4) is 0 Å². The Labute approximate surface area is 93.2 Å². The van der Waals surface area contributed by atoms with Gasteiger partial charge in [-0.2, -0.15) is 0 Å². The van der Waals surface area contributed by atoms with E-state index in [9.17, 15) is 4.39 Å². The van der Waals surface area contributed by atoms with Gasteiger partial charge in [0.05, 0.1) is 0 Å². The maximum atomic E-state index is 12.8. The van der Waals surface area contributed by atoms with E-state index in [1.807, 2.05) is 6.92 Å². The molecule has 0 saturated heterocycles. The Morgan fingerprint density at radius 2 is 2.21 bits per heavy atom. The van der Waals surface area contributed by atoms with Crippen molar-refractivity contribution in [1.82, 2.24) is 5.32 Å². The van der Waals surface area contributed by atoms with Crippen molar-refractivity contribution in [2.24, 2.45) is 0 Å². The summed E-state index contributed by atoms with van der Waals surface area (Å²) in [6.45, 7) is 2.49. The number of halogens is 3. The van der Waals surface area contributed by atoms with Gasteiger partial charge < -0.3 is 5.32 Å². The Kier molecular flexibility index (Phi) is 4.66. The lowest BCUT2D eigenvalue weighted by Crippen LogP contribution is -2.26. The second-order valence-electron chi connectivity index (χ2n) is 3.17. The molecule has 0 heterocycles. The van der Waals surface area contributed by atoms with Crippen LogP contribution in [0.2, 0.25) is 5.02 Å². The van der Waals surface area contributed by atoms with E-state index in [-0.39, 0.29) is 11.9 Å². The maximum absolute atomic E-state index is 12.8. The largest absolute Gasteiger partial charge is 0.309 e. The molecule has 0 saturated carbocycles. The highest BCUT2D eigenvalue weighted by atomic mass is 35.5. The topological polar surface area (TPSA) is 12.0 Å². The highest BCUT2D eigenvalue weighted by Gasteiger charge is 2.04. The molecule has 0 bridgehead atoms. The lowest BCUT2D eigenvalue weighted by Gasteiger charge is -2.11. The van der Waals surface area contributed by atoms with Crippen molar-refractivity contribution in [2.45, 2.75) is 19.5 Å². The summed E-state index contributed by atoms with van der Waals surface area (Å²) in [5.74, 6) is 0.247. The van der Waals surface area contributed by atoms with Gasteiger partial charge in [-0.25, -0.2) is 4.39 Å². The van der Waals surface area contributed by atoms with Gasteiger partial charge in [-0.1, -0.05) is 11.6 Å². The van der Waals surface area contributed by atoms with Crippen LogP contribution in [0.1, 0.15) is 12.5 Å². The molecule has 1 aromatic rings. The smallest absolute Gasteiger partial charge is 0.123 e. The number of alkyl halides is 1. The Bertz CT molecular complexity index is 304. The quantitative estimate of drug-likeness (QED) is 0.791. The molecule has 0 aromatic heterocycles. The molecule has 0 radical (unpaired) electrons. The van der Waals surface area contributed by atoms with Crippen molar-refractivity contribution >= 4 is 23.2 Å². The number of rotatable bonds is 4. The molecule has 1 atom stereocenters. The monoisotopic (exact) mass is 235 g/mol. The van der Waals surface area contributed by atoms with Crippen molar-refractivity contribution < 1.29 is 4.39 Å². The van der Waals surface area contributed by atoms with E-state index in [2.05, 4.69) is 5.32 Å². The summed E-state index contributed by atoms with van der Waals surface area (Å²) in [5.41, 5.74) is 0.753. The lowest BCUT2D eigenvalue weighted by molar-refractivity contribution is 0.585. The van der Waals surface area contributed by atoms with Gasteiger partial charge in [-0.05, 0) is 30.7 Å². The summed E-state index contributed by atoms with van der Waals surface area (Å²) in [4.78, 5) is 0. The van der Waals surface area contributed by atoms with Gasteiger partial charge in [-0.3, -0.25) is 0 Å². The second kappa shape index (κ2) is 5.54. The zero-order valence-corrected chi connectivity index (χ0v) is 9.37. The van der Waals surface area contributed by atoms with Crippen molar-refractivity contribution in [1.29, 1.82) is 0 Å². The molecule has 0 aliphatic rings. The molecule has 0 amide bonds. The van der Waals surface area contributed by atoms with Gasteiger partial charge >= 0.3 is 0 Å². The Hall–Kier alpha value is -0.310. The summed E-state index contributed by atoms with van der Waals surface area (Å²) in [6, 6.07) is 4.52. The molecule has 0 fully saturated rings. The number of benzene rings is 1. The molecule has 1 aromatic carbocycles. The summed E-state index contributed by atoms with van der Waals surface area (Å²) in [6.07, 6.45) is 0. The van der Waals surface area contributed by atoms with E-state index in [1.165, 1.54) is 12.1 Å². The molecule has 4 heteroatoms. The fraction of sp³-hybridized carbons (Fsp3) is 0.400. The van der Waals surface area contributed by atoms with Crippen LogP contribution in [-0.2, 0) is 6.54 Å². The van der Waals surface area contributed by atoms with E-state index >= 15 is 0 Å². The van der Waals surface area contributed by atoms with Gasteiger partial charge in [0, 0.05) is 23.5 Å². The highest BCUT2D eigenvalue weighted by molar-refractivity contribution is 6.31. The molecule has 0 aliphatic carbocycles. The van der Waals surface area contributed by atoms with E-state index in [0.29, 0.717) is 17.4 Å². The Morgan fingerprint density at radius 1 is 1.50 bits per heavy atom. The normalized spacial score (nSPS) is 12.9. The first-order chi connectivity index (χ1) is 6.63. The standard InChI is InChI=1S/C10H12Cl2FN/c1-7(5-11)14-6-8-4-9(13)2-3-10(8)12/h2-4,7,14H,5-6H2,1H3. The molecule has 78 valence electrons. The third kappa shape index (κ3) is 3.45. The summed E-state index contributed by atoms with van der Waals surface area (Å²) >= 11 is 11.5. The molecule has 1 nitrogen and oxygen atoms in total. The summed E-state index contributed by atoms with van der Waals surface area (Å²) in [5, 5.41) is 3.70. The van der Waals surface area contributed by atoms with Gasteiger partial charge in [0.1, 0.15) is 5.82 Å². The minimum atomic E-state index is -0.273. The highest BCUT2D eigenvalue weighted by Crippen LogP contribution is 2.16. The number of hydrogen-bond donors (Lipinski definition) is 1. The van der Waals surface area contributed by atoms with E-state index in [1.54, 1.807) is 6.07 Å². The summed E-state index contributed by atoms with van der Waals surface area (Å²) in [7, 11) is 0. The summed E-state index contributed by atoms with van der Waals surface area (Å²) < 4.78 is 12.8. The van der Waals surface area contributed by atoms with Crippen LogP contribution in [0, 0.1) is 5.82 Å². The van der Waals surface area contributed by atoms with Gasteiger partial charge in [0.25, 0.3) is 0 Å². The predicted molar refractivity (Wildman–Crippen MR) is 58.4 cm³/mol. The molecule has 0 aliphatic heterocycles. The minimum absolute atomic E-state index is 0.191. The van der Waals surface area contributed by atoms with E-state index in [4.69, 9.17) is 23.2 Å². The molecular formula is C10H12Cl2FN. The average molecular weight is 236 g/mol. The molecular weight excluding hydrogens is 224 g/mol. The first kappa shape index (κ1) is 11.8. The molecule has 1 unspecified atom stereocenters. The second-order valence-corrected chi connectivity index (χ2v) is 3.89. The van der Waals surface area contributed by atoms with Crippen molar-refractivity contribution in [3.63, 3.8) is 0 Å². The first-order valence-corrected chi connectivity index (χ1v) is 5.28. The van der Waals surface area contributed by atoms with Crippen molar-refractivity contribution in [3.05, 3.63) is 34.6 Å². The molecule has 1 rings (SSSR count). The van der Waals surface area contributed by atoms with E-state index < -0.39 is 0 Å². The van der Waals surface area contributed by atoms with Crippen LogP contribution in [0.25, 0.3) is 0 Å². The third-order valence-corrected chi connectivity index (χ3v) is 2.71. The SMILES string of the molecule is CC(CCl)NCc1cc(F)ccc1Cl. The van der Waals surface area contributed by atoms with Gasteiger partial charge in [0.15, 0.2) is 0 Å². The van der Waals surface area contributed by atoms with Gasteiger partial charge in [-0.15, -0.1) is 11.6 Å². The third-order valence-electron chi connectivity index (χ3n) is 1.88. The zero-order valence-electron chi connectivity index (χ0n) is 7.86. The van der Waals surface area contributed by atoms with Crippen LogP contribution >= 0.6 is 23.2 Å². The van der Waals surface area contributed by atoms with Crippen LogP contribution in [0.15, 0.2) is 18.2 Å². The van der Waals surface area contributed by atoms with E-state index in [0.717, 1.165) is 5.56 Å². The van der Waals surface area contributed by atoms with Gasteiger partial charge in [0.2, 0.25) is 0 Å². The van der Waals surface area contributed by atoms with Crippen LogP contribution in [-0.4, -0.2) is 11.9 Å².